The minimum absolute atomic E-state index is 0.0438. The average molecular weight is 530 g/mol. The first-order valence-electron chi connectivity index (χ1n) is 13.4. The highest BCUT2D eigenvalue weighted by Crippen LogP contribution is 2.33. The molecule has 0 aliphatic carbocycles. The van der Waals surface area contributed by atoms with E-state index in [4.69, 9.17) is 15.2 Å². The summed E-state index contributed by atoms with van der Waals surface area (Å²) in [7, 11) is 0. The van der Waals surface area contributed by atoms with Crippen molar-refractivity contribution in [3.63, 3.8) is 0 Å². The Labute approximate surface area is 222 Å². The van der Waals surface area contributed by atoms with Crippen LogP contribution in [-0.4, -0.2) is 72.4 Å². The molecule has 0 saturated carbocycles. The average Bonchev–Trinajstić information content (AvgIpc) is 3.35. The van der Waals surface area contributed by atoms with Crippen LogP contribution in [0.5, 0.6) is 5.75 Å². The van der Waals surface area contributed by atoms with Crippen LogP contribution in [0, 0.1) is 11.7 Å². The van der Waals surface area contributed by atoms with Crippen LogP contribution >= 0.6 is 0 Å². The summed E-state index contributed by atoms with van der Waals surface area (Å²) in [6.45, 7) is 4.90. The second-order valence-corrected chi connectivity index (χ2v) is 10.4. The van der Waals surface area contributed by atoms with E-state index < -0.39 is 24.1 Å². The van der Waals surface area contributed by atoms with Crippen LogP contribution in [0.15, 0.2) is 48.5 Å². The molecule has 0 radical (unpaired) electrons. The molecule has 4 rings (SSSR count). The van der Waals surface area contributed by atoms with Gasteiger partial charge in [0.05, 0.1) is 18.7 Å². The van der Waals surface area contributed by atoms with Gasteiger partial charge in [0.1, 0.15) is 12.3 Å². The standard InChI is InChI=1S/C29H37F2N3O4/c1-19(2)37-29(36)33-14-11-21(12-15-33)26(17-24(32)28(35)34-16-13-22(30)18-34)38-25-10-6-9-23(27(25)31)20-7-4-3-5-8-20/h3-10,19,21-22,24,26H,11-18,32H2,1-2H3/t22-,24-,26-/m0/s1. The summed E-state index contributed by atoms with van der Waals surface area (Å²) in [5.41, 5.74) is 7.46. The third kappa shape index (κ3) is 6.81. The summed E-state index contributed by atoms with van der Waals surface area (Å²) in [6, 6.07) is 13.3. The van der Waals surface area contributed by atoms with Crippen LogP contribution in [0.2, 0.25) is 0 Å². The molecule has 2 heterocycles. The van der Waals surface area contributed by atoms with Crippen molar-refractivity contribution < 1.29 is 27.8 Å². The van der Waals surface area contributed by atoms with E-state index in [1.54, 1.807) is 36.9 Å². The molecule has 2 aliphatic heterocycles. The number of halogens is 2. The molecule has 0 bridgehead atoms. The van der Waals surface area contributed by atoms with Crippen LogP contribution in [-0.2, 0) is 9.53 Å². The van der Waals surface area contributed by atoms with Gasteiger partial charge in [0.2, 0.25) is 5.91 Å². The number of carbonyl (C=O) groups excluding carboxylic acids is 2. The molecule has 3 atom stereocenters. The van der Waals surface area contributed by atoms with Gasteiger partial charge in [-0.1, -0.05) is 42.5 Å². The first-order valence-corrected chi connectivity index (χ1v) is 13.4. The van der Waals surface area contributed by atoms with Crippen molar-refractivity contribution >= 4 is 12.0 Å². The fourth-order valence-electron chi connectivity index (χ4n) is 5.18. The highest BCUT2D eigenvalue weighted by Gasteiger charge is 2.36. The number of rotatable bonds is 8. The van der Waals surface area contributed by atoms with Gasteiger partial charge in [-0.3, -0.25) is 4.79 Å². The van der Waals surface area contributed by atoms with Gasteiger partial charge >= 0.3 is 6.09 Å². The summed E-state index contributed by atoms with van der Waals surface area (Å²) in [6.07, 6.45) is -0.536. The van der Waals surface area contributed by atoms with Crippen molar-refractivity contribution in [1.82, 2.24) is 9.80 Å². The van der Waals surface area contributed by atoms with Crippen LogP contribution in [0.4, 0.5) is 13.6 Å². The van der Waals surface area contributed by atoms with E-state index in [-0.39, 0.29) is 42.7 Å². The summed E-state index contributed by atoms with van der Waals surface area (Å²) < 4.78 is 40.9. The minimum Gasteiger partial charge on any atom is -0.487 e. The minimum atomic E-state index is -1.04. The van der Waals surface area contributed by atoms with Gasteiger partial charge in [-0.25, -0.2) is 13.6 Å². The Morgan fingerprint density at radius 2 is 1.68 bits per heavy atom. The van der Waals surface area contributed by atoms with E-state index in [2.05, 4.69) is 0 Å². The Kier molecular flexibility index (Phi) is 9.20. The Morgan fingerprint density at radius 3 is 2.32 bits per heavy atom. The van der Waals surface area contributed by atoms with E-state index in [1.807, 2.05) is 30.3 Å². The van der Waals surface area contributed by atoms with Crippen molar-refractivity contribution in [3.8, 4) is 16.9 Å². The molecule has 0 aromatic heterocycles. The summed E-state index contributed by atoms with van der Waals surface area (Å²) >= 11 is 0. The summed E-state index contributed by atoms with van der Waals surface area (Å²) in [5.74, 6) is -0.788. The number of alkyl halides is 1. The molecule has 9 heteroatoms. The number of piperidine rings is 1. The first-order chi connectivity index (χ1) is 18.2. The molecule has 2 amide bonds. The molecule has 2 fully saturated rings. The lowest BCUT2D eigenvalue weighted by molar-refractivity contribution is -0.132. The third-order valence-corrected chi connectivity index (χ3v) is 7.23. The Hall–Kier alpha value is -3.20. The topological polar surface area (TPSA) is 85.1 Å². The quantitative estimate of drug-likeness (QED) is 0.532. The number of likely N-dealkylation sites (tertiary alicyclic amines) is 2. The Bertz CT molecular complexity index is 1090. The van der Waals surface area contributed by atoms with Gasteiger partial charge in [0.15, 0.2) is 11.6 Å². The predicted octanol–water partition coefficient (Wildman–Crippen LogP) is 4.78. The van der Waals surface area contributed by atoms with E-state index in [1.165, 1.54) is 4.90 Å². The number of ether oxygens (including phenoxy) is 2. The lowest BCUT2D eigenvalue weighted by Gasteiger charge is -2.37. The maximum absolute atomic E-state index is 15.6. The second-order valence-electron chi connectivity index (χ2n) is 10.4. The van der Waals surface area contributed by atoms with E-state index in [0.29, 0.717) is 44.5 Å². The van der Waals surface area contributed by atoms with Crippen molar-refractivity contribution in [1.29, 1.82) is 0 Å². The molecule has 2 aliphatic rings. The van der Waals surface area contributed by atoms with Crippen molar-refractivity contribution in [2.24, 2.45) is 11.7 Å². The molecule has 0 spiro atoms. The maximum Gasteiger partial charge on any atom is 0.410 e. The zero-order chi connectivity index (χ0) is 27.2. The molecule has 206 valence electrons. The van der Waals surface area contributed by atoms with Crippen LogP contribution in [0.3, 0.4) is 0 Å². The van der Waals surface area contributed by atoms with Gasteiger partial charge in [0, 0.05) is 31.6 Å². The monoisotopic (exact) mass is 529 g/mol. The number of nitrogens with two attached hydrogens (primary N) is 1. The van der Waals surface area contributed by atoms with Gasteiger partial charge in [-0.2, -0.15) is 0 Å². The molecule has 2 aromatic carbocycles. The maximum atomic E-state index is 15.6. The second kappa shape index (κ2) is 12.6. The van der Waals surface area contributed by atoms with E-state index in [9.17, 15) is 14.0 Å². The fourth-order valence-corrected chi connectivity index (χ4v) is 5.18. The molecule has 2 N–H and O–H groups in total. The van der Waals surface area contributed by atoms with Crippen molar-refractivity contribution in [2.45, 2.75) is 64.0 Å². The highest BCUT2D eigenvalue weighted by atomic mass is 19.1. The normalized spacial score (nSPS) is 19.9. The number of nitrogens with zero attached hydrogens (tertiary/aromatic N) is 2. The largest absolute Gasteiger partial charge is 0.487 e. The van der Waals surface area contributed by atoms with Crippen LogP contribution in [0.1, 0.15) is 39.5 Å². The number of carbonyl (C=O) groups is 2. The predicted molar refractivity (Wildman–Crippen MR) is 141 cm³/mol. The lowest BCUT2D eigenvalue weighted by atomic mass is 9.87. The van der Waals surface area contributed by atoms with E-state index >= 15 is 4.39 Å². The highest BCUT2D eigenvalue weighted by molar-refractivity contribution is 5.82. The molecular formula is C29H37F2N3O4. The number of amides is 2. The third-order valence-electron chi connectivity index (χ3n) is 7.23. The first kappa shape index (κ1) is 27.8. The molecular weight excluding hydrogens is 492 g/mol. The molecule has 2 saturated heterocycles. The number of benzene rings is 2. The summed E-state index contributed by atoms with van der Waals surface area (Å²) in [5, 5.41) is 0. The number of hydrogen-bond donors (Lipinski definition) is 1. The van der Waals surface area contributed by atoms with E-state index in [0.717, 1.165) is 5.56 Å². The molecule has 7 nitrogen and oxygen atoms in total. The molecule has 38 heavy (non-hydrogen) atoms. The Morgan fingerprint density at radius 1 is 1.00 bits per heavy atom. The van der Waals surface area contributed by atoms with Crippen LogP contribution < -0.4 is 10.5 Å². The Balaban J connectivity index is 1.51. The number of hydrogen-bond acceptors (Lipinski definition) is 5. The van der Waals surface area contributed by atoms with Crippen LogP contribution in [0.25, 0.3) is 11.1 Å². The van der Waals surface area contributed by atoms with Gasteiger partial charge in [-0.05, 0) is 50.7 Å². The van der Waals surface area contributed by atoms with Gasteiger partial charge in [-0.15, -0.1) is 0 Å². The lowest BCUT2D eigenvalue weighted by Crippen LogP contribution is -2.48. The SMILES string of the molecule is CC(C)OC(=O)N1CCC([C@H](C[C@H](N)C(=O)N2CC[C@H](F)C2)Oc2cccc(-c3ccccc3)c2F)CC1. The van der Waals surface area contributed by atoms with Gasteiger partial charge < -0.3 is 25.0 Å². The van der Waals surface area contributed by atoms with Crippen molar-refractivity contribution in [3.05, 3.63) is 54.3 Å². The van der Waals surface area contributed by atoms with Gasteiger partial charge in [0.25, 0.3) is 0 Å². The van der Waals surface area contributed by atoms with Crippen molar-refractivity contribution in [2.75, 3.05) is 26.2 Å². The fraction of sp³-hybridized carbons (Fsp3) is 0.517. The molecule has 2 aromatic rings. The zero-order valence-electron chi connectivity index (χ0n) is 22.0. The smallest absolute Gasteiger partial charge is 0.410 e. The zero-order valence-corrected chi connectivity index (χ0v) is 22.0. The molecule has 0 unspecified atom stereocenters. The summed E-state index contributed by atoms with van der Waals surface area (Å²) in [4.78, 5) is 28.4.